The number of hydrogen-bond donors (Lipinski definition) is 2. The molecule has 21 heavy (non-hydrogen) atoms. The van der Waals surface area contributed by atoms with Crippen molar-refractivity contribution in [3.05, 3.63) is 29.5 Å². The highest BCUT2D eigenvalue weighted by Crippen LogP contribution is 2.22. The first-order valence-electron chi connectivity index (χ1n) is 6.17. The maximum Gasteiger partial charge on any atom is 0.242 e. The van der Waals surface area contributed by atoms with Crippen molar-refractivity contribution in [2.45, 2.75) is 18.2 Å². The molecule has 0 aromatic carbocycles. The van der Waals surface area contributed by atoms with Crippen LogP contribution in [0.4, 0.5) is 5.82 Å². The normalized spacial score (nSPS) is 11.5. The summed E-state index contributed by atoms with van der Waals surface area (Å²) in [6.07, 6.45) is 2.81. The quantitative estimate of drug-likeness (QED) is 0.780. The fraction of sp³-hybridized carbons (Fsp3) is 0.364. The third kappa shape index (κ3) is 4.13. The van der Waals surface area contributed by atoms with Crippen LogP contribution in [0.3, 0.4) is 0 Å². The molecule has 0 saturated carbocycles. The molecular formula is C11H14ClN5O3S. The number of halogens is 1. The molecular weight excluding hydrogens is 318 g/mol. The van der Waals surface area contributed by atoms with Crippen molar-refractivity contribution >= 4 is 27.4 Å². The van der Waals surface area contributed by atoms with Gasteiger partial charge in [-0.2, -0.15) is 4.98 Å². The fourth-order valence-electron chi connectivity index (χ4n) is 1.55. The third-order valence-corrected chi connectivity index (χ3v) is 4.22. The molecule has 10 heteroatoms. The van der Waals surface area contributed by atoms with E-state index < -0.39 is 10.0 Å². The highest BCUT2D eigenvalue weighted by Gasteiger charge is 2.16. The van der Waals surface area contributed by atoms with E-state index in [0.29, 0.717) is 24.7 Å². The first-order valence-corrected chi connectivity index (χ1v) is 8.03. The summed E-state index contributed by atoms with van der Waals surface area (Å²) < 4.78 is 31.4. The van der Waals surface area contributed by atoms with E-state index in [1.54, 1.807) is 0 Å². The largest absolute Gasteiger partial charge is 0.369 e. The predicted octanol–water partition coefficient (Wildman–Crippen LogP) is 1.07. The molecule has 0 aliphatic heterocycles. The number of nitrogens with zero attached hydrogens (tertiary/aromatic N) is 3. The van der Waals surface area contributed by atoms with E-state index in [1.165, 1.54) is 18.6 Å². The highest BCUT2D eigenvalue weighted by atomic mass is 35.5. The molecule has 0 saturated heterocycles. The number of anilines is 1. The van der Waals surface area contributed by atoms with Crippen LogP contribution in [0.15, 0.2) is 28.0 Å². The van der Waals surface area contributed by atoms with Crippen LogP contribution in [0.2, 0.25) is 5.02 Å². The second-order valence-corrected chi connectivity index (χ2v) is 6.19. The van der Waals surface area contributed by atoms with Crippen LogP contribution >= 0.6 is 11.6 Å². The lowest BCUT2D eigenvalue weighted by Crippen LogP contribution is -2.26. The number of pyridine rings is 1. The molecule has 2 N–H and O–H groups in total. The van der Waals surface area contributed by atoms with Gasteiger partial charge in [0.15, 0.2) is 6.33 Å². The van der Waals surface area contributed by atoms with E-state index in [-0.39, 0.29) is 16.5 Å². The first kappa shape index (κ1) is 15.7. The van der Waals surface area contributed by atoms with Crippen LogP contribution < -0.4 is 10.0 Å². The molecule has 0 radical (unpaired) electrons. The third-order valence-electron chi connectivity index (χ3n) is 2.51. The SMILES string of the molecule is CCNc1ncc(S(=O)(=O)NCCc2ncno2)cc1Cl. The summed E-state index contributed by atoms with van der Waals surface area (Å²) in [4.78, 5) is 7.79. The Morgan fingerprint density at radius 1 is 1.38 bits per heavy atom. The summed E-state index contributed by atoms with van der Waals surface area (Å²) >= 11 is 5.98. The van der Waals surface area contributed by atoms with Gasteiger partial charge in [0.1, 0.15) is 10.7 Å². The average Bonchev–Trinajstić information content (AvgIpc) is 2.94. The summed E-state index contributed by atoms with van der Waals surface area (Å²) in [6.45, 7) is 2.67. The van der Waals surface area contributed by atoms with Crippen LogP contribution in [-0.2, 0) is 16.4 Å². The number of hydrogen-bond acceptors (Lipinski definition) is 7. The van der Waals surface area contributed by atoms with Crippen molar-refractivity contribution in [2.24, 2.45) is 0 Å². The zero-order valence-corrected chi connectivity index (χ0v) is 12.8. The van der Waals surface area contributed by atoms with Crippen LogP contribution in [0.1, 0.15) is 12.8 Å². The predicted molar refractivity (Wildman–Crippen MR) is 76.6 cm³/mol. The Hall–Kier alpha value is -1.71. The molecule has 0 spiro atoms. The Labute approximate surface area is 127 Å². The molecule has 0 amide bonds. The molecule has 0 aliphatic rings. The Morgan fingerprint density at radius 2 is 2.19 bits per heavy atom. The average molecular weight is 332 g/mol. The molecule has 0 aliphatic carbocycles. The number of sulfonamides is 1. The monoisotopic (exact) mass is 331 g/mol. The van der Waals surface area contributed by atoms with E-state index in [2.05, 4.69) is 25.2 Å². The maximum absolute atomic E-state index is 12.1. The zero-order chi connectivity index (χ0) is 15.3. The lowest BCUT2D eigenvalue weighted by Gasteiger charge is -2.08. The van der Waals surface area contributed by atoms with Gasteiger partial charge in [-0.1, -0.05) is 16.8 Å². The summed E-state index contributed by atoms with van der Waals surface area (Å²) in [6, 6.07) is 1.35. The van der Waals surface area contributed by atoms with Crippen LogP contribution in [-0.4, -0.2) is 36.6 Å². The van der Waals surface area contributed by atoms with E-state index in [1.807, 2.05) is 6.92 Å². The molecule has 0 atom stereocenters. The molecule has 2 rings (SSSR count). The van der Waals surface area contributed by atoms with Gasteiger partial charge < -0.3 is 9.84 Å². The number of aromatic nitrogens is 3. The highest BCUT2D eigenvalue weighted by molar-refractivity contribution is 7.89. The van der Waals surface area contributed by atoms with Crippen molar-refractivity contribution in [3.8, 4) is 0 Å². The van der Waals surface area contributed by atoms with Crippen LogP contribution in [0.25, 0.3) is 0 Å². The fourth-order valence-corrected chi connectivity index (χ4v) is 2.85. The first-order chi connectivity index (χ1) is 10.0. The minimum atomic E-state index is -3.68. The van der Waals surface area contributed by atoms with E-state index in [0.717, 1.165) is 0 Å². The van der Waals surface area contributed by atoms with E-state index in [9.17, 15) is 8.42 Å². The molecule has 8 nitrogen and oxygen atoms in total. The molecule has 0 bridgehead atoms. The van der Waals surface area contributed by atoms with Crippen molar-refractivity contribution < 1.29 is 12.9 Å². The molecule has 0 unspecified atom stereocenters. The Bertz CT molecular complexity index is 690. The Kier molecular flexibility index (Phi) is 5.10. The summed E-state index contributed by atoms with van der Waals surface area (Å²) in [5.74, 6) is 0.806. The summed E-state index contributed by atoms with van der Waals surface area (Å²) in [5, 5.41) is 6.61. The second-order valence-electron chi connectivity index (χ2n) is 4.01. The topological polar surface area (TPSA) is 110 Å². The van der Waals surface area contributed by atoms with Crippen LogP contribution in [0.5, 0.6) is 0 Å². The summed E-state index contributed by atoms with van der Waals surface area (Å²) in [7, 11) is -3.68. The van der Waals surface area contributed by atoms with Crippen molar-refractivity contribution in [1.29, 1.82) is 0 Å². The minimum Gasteiger partial charge on any atom is -0.369 e. The minimum absolute atomic E-state index is 0.000294. The molecule has 0 fully saturated rings. The van der Waals surface area contributed by atoms with Crippen molar-refractivity contribution in [3.63, 3.8) is 0 Å². The van der Waals surface area contributed by atoms with Gasteiger partial charge in [-0.15, -0.1) is 0 Å². The van der Waals surface area contributed by atoms with Gasteiger partial charge in [0.25, 0.3) is 0 Å². The van der Waals surface area contributed by atoms with Gasteiger partial charge in [0, 0.05) is 25.7 Å². The lowest BCUT2D eigenvalue weighted by molar-refractivity contribution is 0.377. The lowest BCUT2D eigenvalue weighted by atomic mass is 10.4. The second kappa shape index (κ2) is 6.83. The molecule has 2 aromatic heterocycles. The van der Waals surface area contributed by atoms with E-state index >= 15 is 0 Å². The van der Waals surface area contributed by atoms with Gasteiger partial charge >= 0.3 is 0 Å². The van der Waals surface area contributed by atoms with Gasteiger partial charge in [0.05, 0.1) is 5.02 Å². The van der Waals surface area contributed by atoms with Gasteiger partial charge in [0.2, 0.25) is 15.9 Å². The van der Waals surface area contributed by atoms with E-state index in [4.69, 9.17) is 16.1 Å². The standard InChI is InChI=1S/C11H14ClN5O3S/c1-2-13-11-9(12)5-8(6-14-11)21(18,19)17-4-3-10-15-7-16-20-10/h5-7,17H,2-4H2,1H3,(H,13,14). The zero-order valence-electron chi connectivity index (χ0n) is 11.2. The van der Waals surface area contributed by atoms with Crippen molar-refractivity contribution in [2.75, 3.05) is 18.4 Å². The van der Waals surface area contributed by atoms with Crippen molar-refractivity contribution in [1.82, 2.24) is 19.8 Å². The summed E-state index contributed by atoms with van der Waals surface area (Å²) in [5.41, 5.74) is 0. The maximum atomic E-state index is 12.1. The molecule has 2 aromatic rings. The Balaban J connectivity index is 2.03. The van der Waals surface area contributed by atoms with Gasteiger partial charge in [-0.25, -0.2) is 18.1 Å². The molecule has 2 heterocycles. The smallest absolute Gasteiger partial charge is 0.242 e. The molecule has 114 valence electrons. The van der Waals surface area contributed by atoms with Crippen LogP contribution in [0, 0.1) is 0 Å². The van der Waals surface area contributed by atoms with Gasteiger partial charge in [-0.3, -0.25) is 0 Å². The van der Waals surface area contributed by atoms with Gasteiger partial charge in [-0.05, 0) is 13.0 Å². The number of rotatable bonds is 7. The Morgan fingerprint density at radius 3 is 2.81 bits per heavy atom. The number of nitrogens with one attached hydrogen (secondary N) is 2.